The van der Waals surface area contributed by atoms with E-state index in [0.717, 1.165) is 10.7 Å². The number of aryl methyl sites for hydroxylation is 2. The highest BCUT2D eigenvalue weighted by Gasteiger charge is 2.10. The molecule has 0 aliphatic rings. The number of nitro groups is 1. The molecule has 0 fully saturated rings. The minimum absolute atomic E-state index is 0.172. The Kier molecular flexibility index (Phi) is 5.26. The molecule has 2 heterocycles. The van der Waals surface area contributed by atoms with Gasteiger partial charge in [-0.2, -0.15) is 0 Å². The van der Waals surface area contributed by atoms with E-state index in [1.807, 2.05) is 0 Å². The van der Waals surface area contributed by atoms with Crippen LogP contribution in [0.25, 0.3) is 0 Å². The van der Waals surface area contributed by atoms with E-state index in [1.54, 1.807) is 13.0 Å². The maximum atomic E-state index is 10.6. The van der Waals surface area contributed by atoms with Gasteiger partial charge in [-0.05, 0) is 15.9 Å². The predicted molar refractivity (Wildman–Crippen MR) is 70.2 cm³/mol. The van der Waals surface area contributed by atoms with Crippen molar-refractivity contribution < 1.29 is 14.6 Å². The fraction of sp³-hybridized carbons (Fsp3) is 0.200. The van der Waals surface area contributed by atoms with Gasteiger partial charge >= 0.3 is 0 Å². The van der Waals surface area contributed by atoms with E-state index in [9.17, 15) is 20.5 Å². The Morgan fingerprint density at radius 3 is 2.00 bits per heavy atom. The molecular weight excluding hydrogens is 334 g/mol. The van der Waals surface area contributed by atoms with Crippen LogP contribution in [0.5, 0.6) is 0 Å². The van der Waals surface area contributed by atoms with Gasteiger partial charge in [0, 0.05) is 34.6 Å². The quantitative estimate of drug-likeness (QED) is 0.325. The van der Waals surface area contributed by atoms with Crippen molar-refractivity contribution in [1.29, 1.82) is 0 Å². The van der Waals surface area contributed by atoms with Crippen molar-refractivity contribution >= 4 is 21.6 Å². The molecular formula is C10H10BrN5O4. The van der Waals surface area contributed by atoms with Crippen LogP contribution in [0, 0.1) is 34.4 Å². The monoisotopic (exact) mass is 343 g/mol. The first-order valence-electron chi connectivity index (χ1n) is 5.24. The Morgan fingerprint density at radius 1 is 1.10 bits per heavy atom. The van der Waals surface area contributed by atoms with Gasteiger partial charge in [-0.15, -0.1) is 0 Å². The molecule has 0 unspecified atom stereocenters. The SMILES string of the molecule is Cc1cc(Br)cn[n+]1[O-].Cc1cc([N+](=O)[O-])cn[n+]1[O-]. The molecule has 0 N–H and O–H groups in total. The highest BCUT2D eigenvalue weighted by atomic mass is 79.9. The zero-order chi connectivity index (χ0) is 15.3. The number of nitrogens with zero attached hydrogens (tertiary/aromatic N) is 5. The Bertz CT molecular complexity index is 637. The summed E-state index contributed by atoms with van der Waals surface area (Å²) in [6, 6.07) is 2.88. The lowest BCUT2D eigenvalue weighted by molar-refractivity contribution is -0.676. The van der Waals surface area contributed by atoms with Crippen molar-refractivity contribution in [2.75, 3.05) is 0 Å². The van der Waals surface area contributed by atoms with E-state index >= 15 is 0 Å². The first-order valence-corrected chi connectivity index (χ1v) is 6.03. The molecule has 0 atom stereocenters. The van der Waals surface area contributed by atoms with Crippen molar-refractivity contribution in [3.8, 4) is 0 Å². The van der Waals surface area contributed by atoms with Crippen molar-refractivity contribution in [2.24, 2.45) is 0 Å². The van der Waals surface area contributed by atoms with E-state index in [0.29, 0.717) is 15.4 Å². The first kappa shape index (κ1) is 15.7. The van der Waals surface area contributed by atoms with Gasteiger partial charge in [0.25, 0.3) is 5.69 Å². The largest absolute Gasteiger partial charge is 0.594 e. The molecule has 2 rings (SSSR count). The maximum absolute atomic E-state index is 10.6. The van der Waals surface area contributed by atoms with Crippen molar-refractivity contribution in [3.63, 3.8) is 0 Å². The molecule has 0 radical (unpaired) electrons. The second kappa shape index (κ2) is 6.70. The van der Waals surface area contributed by atoms with Crippen LogP contribution in [0.15, 0.2) is 29.0 Å². The molecule has 0 bridgehead atoms. The summed E-state index contributed by atoms with van der Waals surface area (Å²) >= 11 is 3.18. The number of hydrogen-bond acceptors (Lipinski definition) is 6. The third kappa shape index (κ3) is 4.39. The second-order valence-corrected chi connectivity index (χ2v) is 4.59. The molecule has 20 heavy (non-hydrogen) atoms. The lowest BCUT2D eigenvalue weighted by Gasteiger charge is -1.94. The van der Waals surface area contributed by atoms with Gasteiger partial charge in [0.05, 0.1) is 11.0 Å². The number of rotatable bonds is 1. The number of halogens is 1. The average molecular weight is 344 g/mol. The van der Waals surface area contributed by atoms with E-state index in [-0.39, 0.29) is 11.4 Å². The van der Waals surface area contributed by atoms with Crippen molar-refractivity contribution in [3.05, 3.63) is 60.9 Å². The molecule has 0 spiro atoms. The van der Waals surface area contributed by atoms with Crippen LogP contribution in [-0.2, 0) is 0 Å². The molecule has 106 valence electrons. The molecule has 2 aromatic heterocycles. The minimum atomic E-state index is -0.597. The topological polar surface area (TPSA) is 123 Å². The minimum Gasteiger partial charge on any atom is -0.594 e. The van der Waals surface area contributed by atoms with Gasteiger partial charge in [0.1, 0.15) is 6.20 Å². The van der Waals surface area contributed by atoms with E-state index in [4.69, 9.17) is 0 Å². The van der Waals surface area contributed by atoms with E-state index in [1.165, 1.54) is 19.2 Å². The van der Waals surface area contributed by atoms with Gasteiger partial charge in [0.15, 0.2) is 6.20 Å². The van der Waals surface area contributed by atoms with Crippen molar-refractivity contribution in [2.45, 2.75) is 13.8 Å². The van der Waals surface area contributed by atoms with Crippen LogP contribution in [0.3, 0.4) is 0 Å². The van der Waals surface area contributed by atoms with Crippen LogP contribution >= 0.6 is 15.9 Å². The van der Waals surface area contributed by atoms with Gasteiger partial charge in [-0.3, -0.25) is 10.1 Å². The van der Waals surface area contributed by atoms with E-state index in [2.05, 4.69) is 26.1 Å². The zero-order valence-electron chi connectivity index (χ0n) is 10.6. The summed E-state index contributed by atoms with van der Waals surface area (Å²) in [4.78, 5) is 10.4. The van der Waals surface area contributed by atoms with Gasteiger partial charge in [-0.25, -0.2) is 0 Å². The third-order valence-electron chi connectivity index (χ3n) is 2.10. The fourth-order valence-electron chi connectivity index (χ4n) is 1.10. The zero-order valence-corrected chi connectivity index (χ0v) is 12.1. The van der Waals surface area contributed by atoms with Crippen LogP contribution < -0.4 is 9.69 Å². The van der Waals surface area contributed by atoms with Gasteiger partial charge in [-0.1, -0.05) is 9.69 Å². The number of aromatic nitrogens is 4. The highest BCUT2D eigenvalue weighted by molar-refractivity contribution is 9.10. The average Bonchev–Trinajstić information content (AvgIpc) is 2.38. The summed E-state index contributed by atoms with van der Waals surface area (Å²) in [6.07, 6.45) is 2.38. The molecule has 0 saturated carbocycles. The van der Waals surface area contributed by atoms with Crippen LogP contribution in [0.4, 0.5) is 5.69 Å². The third-order valence-corrected chi connectivity index (χ3v) is 2.53. The number of hydrogen-bond donors (Lipinski definition) is 0. The summed E-state index contributed by atoms with van der Waals surface area (Å²) in [6.45, 7) is 3.15. The molecule has 0 aliphatic heterocycles. The first-order chi connectivity index (χ1) is 9.31. The smallest absolute Gasteiger partial charge is 0.300 e. The molecule has 10 heteroatoms. The molecule has 0 aromatic carbocycles. The lowest BCUT2D eigenvalue weighted by atomic mass is 10.4. The van der Waals surface area contributed by atoms with Gasteiger partial charge < -0.3 is 10.4 Å². The molecule has 0 aliphatic carbocycles. The van der Waals surface area contributed by atoms with Crippen LogP contribution in [0.2, 0.25) is 0 Å². The standard InChI is InChI=1S/C5H5BrN2O.C5H5N3O3/c1-4-2-5(6)3-7-8(4)9;1-4-2-5(8(10)11)3-6-7(4)9/h2-3H,1H3;2-3H,1H3. The Balaban J connectivity index is 0.000000204. The van der Waals surface area contributed by atoms with Gasteiger partial charge in [0.2, 0.25) is 11.4 Å². The summed E-state index contributed by atoms with van der Waals surface area (Å²) in [7, 11) is 0. The van der Waals surface area contributed by atoms with Crippen LogP contribution in [0.1, 0.15) is 11.4 Å². The lowest BCUT2D eigenvalue weighted by Crippen LogP contribution is -2.34. The Morgan fingerprint density at radius 2 is 1.60 bits per heavy atom. The normalized spacial score (nSPS) is 9.55. The Labute approximate surface area is 121 Å². The molecule has 0 amide bonds. The second-order valence-electron chi connectivity index (χ2n) is 3.67. The molecule has 9 nitrogen and oxygen atoms in total. The molecule has 2 aromatic rings. The summed E-state index contributed by atoms with van der Waals surface area (Å²) in [5.41, 5.74) is 0.623. The fourth-order valence-corrected chi connectivity index (χ4v) is 1.52. The van der Waals surface area contributed by atoms with E-state index < -0.39 is 4.92 Å². The summed E-state index contributed by atoms with van der Waals surface area (Å²) in [5.74, 6) is 0. The highest BCUT2D eigenvalue weighted by Crippen LogP contribution is 2.06. The molecule has 0 saturated heterocycles. The van der Waals surface area contributed by atoms with Crippen molar-refractivity contribution in [1.82, 2.24) is 10.2 Å². The maximum Gasteiger partial charge on any atom is 0.300 e. The summed E-state index contributed by atoms with van der Waals surface area (Å²) in [5, 5.41) is 38.0. The summed E-state index contributed by atoms with van der Waals surface area (Å²) < 4.78 is 0.826. The van der Waals surface area contributed by atoms with Crippen LogP contribution in [-0.4, -0.2) is 15.1 Å². The Hall–Kier alpha value is -2.36. The predicted octanol–water partition coefficient (Wildman–Crippen LogP) is 0.718.